The van der Waals surface area contributed by atoms with Gasteiger partial charge in [-0.15, -0.1) is 0 Å². The third-order valence-electron chi connectivity index (χ3n) is 7.07. The number of carbonyl (C=O) groups excluding carboxylic acids is 1. The van der Waals surface area contributed by atoms with Gasteiger partial charge in [-0.3, -0.25) is 9.78 Å². The Hall–Kier alpha value is -1.68. The van der Waals surface area contributed by atoms with Gasteiger partial charge in [0.05, 0.1) is 11.7 Å². The van der Waals surface area contributed by atoms with Crippen molar-refractivity contribution in [1.29, 1.82) is 0 Å². The fraction of sp³-hybridized carbons (Fsp3) is 0.500. The first-order valence-corrected chi connectivity index (χ1v) is 11.3. The van der Waals surface area contributed by atoms with Crippen LogP contribution < -0.4 is 5.32 Å². The van der Waals surface area contributed by atoms with Gasteiger partial charge in [-0.05, 0) is 73.5 Å². The Morgan fingerprint density at radius 3 is 2.43 bits per heavy atom. The van der Waals surface area contributed by atoms with Crippen LogP contribution in [0.4, 0.5) is 0 Å². The molecule has 4 bridgehead atoms. The number of carbonyl (C=O) groups is 1. The Morgan fingerprint density at radius 2 is 1.79 bits per heavy atom. The molecule has 1 N–H and O–H groups in total. The Bertz CT molecular complexity index is 800. The summed E-state index contributed by atoms with van der Waals surface area (Å²) < 4.78 is 0.289. The van der Waals surface area contributed by atoms with Crippen LogP contribution in [0, 0.1) is 17.3 Å². The Morgan fingerprint density at radius 1 is 1.07 bits per heavy atom. The molecule has 146 valence electrons. The highest BCUT2D eigenvalue weighted by atomic mass is 79.9. The number of aromatic nitrogens is 1. The quantitative estimate of drug-likeness (QED) is 0.633. The lowest BCUT2D eigenvalue weighted by molar-refractivity contribution is -0.128. The van der Waals surface area contributed by atoms with E-state index < -0.39 is 0 Å². The molecule has 6 rings (SSSR count). The Balaban J connectivity index is 1.36. The maximum Gasteiger partial charge on any atom is 0.221 e. The molecular formula is C24H27BrN2O. The van der Waals surface area contributed by atoms with E-state index in [0.29, 0.717) is 6.42 Å². The third kappa shape index (κ3) is 3.52. The summed E-state index contributed by atoms with van der Waals surface area (Å²) in [6.07, 6.45) is 10.0. The minimum atomic E-state index is -0.193. The van der Waals surface area contributed by atoms with Crippen LogP contribution >= 0.6 is 15.9 Å². The number of amides is 1. The summed E-state index contributed by atoms with van der Waals surface area (Å²) in [4.78, 5) is 17.8. The van der Waals surface area contributed by atoms with Gasteiger partial charge in [0, 0.05) is 16.9 Å². The second-order valence-corrected chi connectivity index (χ2v) is 11.1. The molecule has 0 spiro atoms. The number of nitrogens with one attached hydrogen (secondary N) is 1. The lowest BCUT2D eigenvalue weighted by atomic mass is 9.48. The van der Waals surface area contributed by atoms with Gasteiger partial charge in [-0.1, -0.05) is 52.3 Å². The van der Waals surface area contributed by atoms with E-state index in [9.17, 15) is 4.79 Å². The molecule has 4 fully saturated rings. The highest BCUT2D eigenvalue weighted by molar-refractivity contribution is 9.10. The van der Waals surface area contributed by atoms with Crippen LogP contribution in [-0.2, 0) is 4.79 Å². The van der Waals surface area contributed by atoms with E-state index in [1.807, 2.05) is 36.4 Å². The van der Waals surface area contributed by atoms with Crippen molar-refractivity contribution in [3.8, 4) is 0 Å². The molecule has 1 aromatic heterocycles. The van der Waals surface area contributed by atoms with Gasteiger partial charge in [0.2, 0.25) is 5.91 Å². The monoisotopic (exact) mass is 438 g/mol. The Kier molecular flexibility index (Phi) is 4.58. The van der Waals surface area contributed by atoms with Crippen molar-refractivity contribution in [2.24, 2.45) is 17.3 Å². The van der Waals surface area contributed by atoms with E-state index in [-0.39, 0.29) is 21.7 Å². The van der Waals surface area contributed by atoms with E-state index in [1.54, 1.807) is 6.20 Å². The minimum Gasteiger partial charge on any atom is -0.344 e. The highest BCUT2D eigenvalue weighted by Crippen LogP contribution is 2.65. The molecular weight excluding hydrogens is 412 g/mol. The van der Waals surface area contributed by atoms with Gasteiger partial charge < -0.3 is 5.32 Å². The maximum atomic E-state index is 13.2. The van der Waals surface area contributed by atoms with Crippen LogP contribution in [0.1, 0.15) is 62.2 Å². The molecule has 3 nitrogen and oxygen atoms in total. The van der Waals surface area contributed by atoms with Crippen LogP contribution in [-0.4, -0.2) is 15.2 Å². The maximum absolute atomic E-state index is 13.2. The predicted octanol–water partition coefficient (Wildman–Crippen LogP) is 5.41. The summed E-state index contributed by atoms with van der Waals surface area (Å²) in [6.45, 7) is 0. The molecule has 0 saturated heterocycles. The van der Waals surface area contributed by atoms with Crippen LogP contribution in [0.5, 0.6) is 0 Å². The van der Waals surface area contributed by atoms with Crippen LogP contribution in [0.2, 0.25) is 0 Å². The van der Waals surface area contributed by atoms with Crippen molar-refractivity contribution in [2.45, 2.75) is 55.3 Å². The highest BCUT2D eigenvalue weighted by Gasteiger charge is 2.57. The van der Waals surface area contributed by atoms with Gasteiger partial charge in [-0.25, -0.2) is 0 Å². The SMILES string of the molecule is O=C(CC12C[C@H]3C[C@@H](CC(Br)(C3)C1)C2)N[C@@H](c1ccccc1)c1ccccn1. The van der Waals surface area contributed by atoms with Crippen molar-refractivity contribution < 1.29 is 4.79 Å². The molecule has 4 aliphatic carbocycles. The number of rotatable bonds is 5. The molecule has 1 heterocycles. The lowest BCUT2D eigenvalue weighted by Crippen LogP contribution is -2.54. The topological polar surface area (TPSA) is 42.0 Å². The summed E-state index contributed by atoms with van der Waals surface area (Å²) >= 11 is 4.07. The van der Waals surface area contributed by atoms with Crippen molar-refractivity contribution >= 4 is 21.8 Å². The van der Waals surface area contributed by atoms with Crippen LogP contribution in [0.25, 0.3) is 0 Å². The summed E-state index contributed by atoms with van der Waals surface area (Å²) in [5, 5.41) is 3.32. The second kappa shape index (κ2) is 6.98. The number of alkyl halides is 1. The van der Waals surface area contributed by atoms with E-state index >= 15 is 0 Å². The fourth-order valence-corrected chi connectivity index (χ4v) is 8.13. The molecule has 4 aliphatic rings. The number of halogens is 1. The first-order valence-electron chi connectivity index (χ1n) is 10.5. The standard InChI is InChI=1S/C24H27BrN2O/c25-24-13-17-10-18(14-24)12-23(11-17,16-24)15-21(28)27-22(19-6-2-1-3-7-19)20-8-4-5-9-26-20/h1-9,17-18,22H,10-16H2,(H,27,28)/t17-,18-,22+,23?,24?/m1/s1. The number of hydrogen-bond donors (Lipinski definition) is 1. The third-order valence-corrected chi connectivity index (χ3v) is 8.00. The number of nitrogens with zero attached hydrogens (tertiary/aromatic N) is 1. The van der Waals surface area contributed by atoms with Crippen molar-refractivity contribution in [2.75, 3.05) is 0 Å². The van der Waals surface area contributed by atoms with Crippen molar-refractivity contribution in [3.63, 3.8) is 0 Å². The molecule has 1 aromatic carbocycles. The van der Waals surface area contributed by atoms with Crippen molar-refractivity contribution in [1.82, 2.24) is 10.3 Å². The van der Waals surface area contributed by atoms with Gasteiger partial charge in [0.1, 0.15) is 0 Å². The van der Waals surface area contributed by atoms with E-state index in [1.165, 1.54) is 32.1 Å². The van der Waals surface area contributed by atoms with E-state index in [0.717, 1.165) is 29.5 Å². The van der Waals surface area contributed by atoms with Gasteiger partial charge >= 0.3 is 0 Å². The van der Waals surface area contributed by atoms with Crippen LogP contribution in [0.15, 0.2) is 54.7 Å². The average Bonchev–Trinajstić information content (AvgIpc) is 2.65. The van der Waals surface area contributed by atoms with Crippen molar-refractivity contribution in [3.05, 3.63) is 66.0 Å². The molecule has 28 heavy (non-hydrogen) atoms. The molecule has 4 saturated carbocycles. The minimum absolute atomic E-state index is 0.164. The summed E-state index contributed by atoms with van der Waals surface area (Å²) in [7, 11) is 0. The lowest BCUT2D eigenvalue weighted by Gasteiger charge is -2.60. The fourth-order valence-electron chi connectivity index (χ4n) is 6.62. The molecule has 0 aliphatic heterocycles. The zero-order valence-electron chi connectivity index (χ0n) is 16.1. The molecule has 3 atom stereocenters. The summed E-state index contributed by atoms with van der Waals surface area (Å²) in [6, 6.07) is 15.9. The largest absolute Gasteiger partial charge is 0.344 e. The molecule has 2 aromatic rings. The Labute approximate surface area is 175 Å². The first-order chi connectivity index (χ1) is 13.5. The average molecular weight is 439 g/mol. The van der Waals surface area contributed by atoms with E-state index in [2.05, 4.69) is 38.4 Å². The first kappa shape index (κ1) is 18.4. The van der Waals surface area contributed by atoms with Gasteiger partial charge in [0.15, 0.2) is 0 Å². The van der Waals surface area contributed by atoms with Gasteiger partial charge in [-0.2, -0.15) is 0 Å². The van der Waals surface area contributed by atoms with Gasteiger partial charge in [0.25, 0.3) is 0 Å². The van der Waals surface area contributed by atoms with E-state index in [4.69, 9.17) is 0 Å². The second-order valence-electron chi connectivity index (χ2n) is 9.45. The predicted molar refractivity (Wildman–Crippen MR) is 114 cm³/mol. The smallest absolute Gasteiger partial charge is 0.221 e. The number of pyridine rings is 1. The molecule has 4 heteroatoms. The van der Waals surface area contributed by atoms with Crippen LogP contribution in [0.3, 0.4) is 0 Å². The number of benzene rings is 1. The summed E-state index contributed by atoms with van der Waals surface area (Å²) in [5.41, 5.74) is 2.16. The molecule has 0 unspecified atom stereocenters. The zero-order chi connectivity index (χ0) is 19.2. The molecule has 0 radical (unpaired) electrons. The normalized spacial score (nSPS) is 34.2. The zero-order valence-corrected chi connectivity index (χ0v) is 17.7. The number of hydrogen-bond acceptors (Lipinski definition) is 2. The molecule has 1 amide bonds. The summed E-state index contributed by atoms with van der Waals surface area (Å²) in [5.74, 6) is 1.76.